The number of H-pyrrole nitrogens is 1. The molecule has 1 aliphatic rings. The number of benzene rings is 1. The quantitative estimate of drug-likeness (QED) is 0.807. The van der Waals surface area contributed by atoms with Crippen LogP contribution < -0.4 is 10.5 Å². The van der Waals surface area contributed by atoms with Gasteiger partial charge in [0.15, 0.2) is 0 Å². The lowest BCUT2D eigenvalue weighted by molar-refractivity contribution is -0.122. The number of ether oxygens (including phenoxy) is 1. The van der Waals surface area contributed by atoms with Crippen molar-refractivity contribution in [3.63, 3.8) is 0 Å². The predicted molar refractivity (Wildman–Crippen MR) is 96.9 cm³/mol. The Bertz CT molecular complexity index is 781. The van der Waals surface area contributed by atoms with Crippen molar-refractivity contribution in [1.82, 2.24) is 15.1 Å². The van der Waals surface area contributed by atoms with Crippen molar-refractivity contribution < 1.29 is 14.3 Å². The van der Waals surface area contributed by atoms with Gasteiger partial charge in [0.05, 0.1) is 6.61 Å². The molecule has 0 unspecified atom stereocenters. The van der Waals surface area contributed by atoms with E-state index in [1.54, 1.807) is 35.2 Å². The molecule has 1 aromatic heterocycles. The van der Waals surface area contributed by atoms with Crippen molar-refractivity contribution >= 4 is 23.4 Å². The van der Waals surface area contributed by atoms with Gasteiger partial charge in [0.25, 0.3) is 5.91 Å². The van der Waals surface area contributed by atoms with Gasteiger partial charge in [-0.15, -0.1) is 0 Å². The maximum absolute atomic E-state index is 12.6. The molecule has 3 rings (SSSR count). The summed E-state index contributed by atoms with van der Waals surface area (Å²) >= 11 is 5.99. The Morgan fingerprint density at radius 2 is 2.23 bits per heavy atom. The summed E-state index contributed by atoms with van der Waals surface area (Å²) in [6, 6.07) is 8.72. The largest absolute Gasteiger partial charge is 0.493 e. The zero-order valence-electron chi connectivity index (χ0n) is 14.3. The van der Waals surface area contributed by atoms with Gasteiger partial charge in [-0.05, 0) is 37.1 Å². The van der Waals surface area contributed by atoms with E-state index in [2.05, 4.69) is 10.2 Å². The fourth-order valence-corrected chi connectivity index (χ4v) is 3.58. The average molecular weight is 377 g/mol. The van der Waals surface area contributed by atoms with Crippen molar-refractivity contribution in [3.8, 4) is 5.75 Å². The Balaban J connectivity index is 1.75. The van der Waals surface area contributed by atoms with Crippen LogP contribution in [0.1, 0.15) is 29.8 Å². The summed E-state index contributed by atoms with van der Waals surface area (Å²) in [5.41, 5.74) is 5.38. The Labute approximate surface area is 156 Å². The maximum Gasteiger partial charge on any atom is 0.271 e. The summed E-state index contributed by atoms with van der Waals surface area (Å²) in [4.78, 5) is 26.0. The highest BCUT2D eigenvalue weighted by atomic mass is 35.5. The van der Waals surface area contributed by atoms with Crippen LogP contribution in [0.3, 0.4) is 0 Å². The third-order valence-electron chi connectivity index (χ3n) is 4.57. The normalized spacial score (nSPS) is 20.0. The van der Waals surface area contributed by atoms with Crippen LogP contribution in [0.25, 0.3) is 0 Å². The number of primary amides is 1. The van der Waals surface area contributed by atoms with Crippen molar-refractivity contribution in [2.45, 2.75) is 19.3 Å². The lowest BCUT2D eigenvalue weighted by atomic mass is 9.77. The number of aromatic amines is 1. The molecular formula is C18H21ClN4O3. The Hall–Kier alpha value is -2.54. The summed E-state index contributed by atoms with van der Waals surface area (Å²) < 4.78 is 5.90. The predicted octanol–water partition coefficient (Wildman–Crippen LogP) is 2.24. The number of likely N-dealkylation sites (tertiary alicyclic amines) is 1. The number of hydrogen-bond donors (Lipinski definition) is 2. The number of amides is 2. The molecule has 0 aliphatic carbocycles. The molecule has 2 aromatic rings. The summed E-state index contributed by atoms with van der Waals surface area (Å²) in [7, 11) is 0. The number of piperidine rings is 1. The Morgan fingerprint density at radius 1 is 1.38 bits per heavy atom. The van der Waals surface area contributed by atoms with Crippen LogP contribution in [0.2, 0.25) is 5.02 Å². The molecule has 7 nitrogen and oxygen atoms in total. The van der Waals surface area contributed by atoms with Crippen LogP contribution in [0.5, 0.6) is 5.75 Å². The molecular weight excluding hydrogens is 356 g/mol. The number of nitrogens with zero attached hydrogens (tertiary/aromatic N) is 2. The van der Waals surface area contributed by atoms with E-state index < -0.39 is 11.3 Å². The minimum absolute atomic E-state index is 0.140. The first-order valence-corrected chi connectivity index (χ1v) is 8.81. The molecule has 26 heavy (non-hydrogen) atoms. The molecule has 0 saturated carbocycles. The van der Waals surface area contributed by atoms with Gasteiger partial charge in [0.2, 0.25) is 5.91 Å². The molecule has 1 atom stereocenters. The second kappa shape index (κ2) is 7.78. The smallest absolute Gasteiger partial charge is 0.271 e. The van der Waals surface area contributed by atoms with Gasteiger partial charge in [0, 0.05) is 36.1 Å². The first-order chi connectivity index (χ1) is 12.5. The lowest BCUT2D eigenvalue weighted by Gasteiger charge is -2.41. The topological polar surface area (TPSA) is 101 Å². The monoisotopic (exact) mass is 376 g/mol. The van der Waals surface area contributed by atoms with Crippen molar-refractivity contribution in [2.75, 3.05) is 19.7 Å². The van der Waals surface area contributed by atoms with Gasteiger partial charge in [-0.1, -0.05) is 17.7 Å². The van der Waals surface area contributed by atoms with Gasteiger partial charge in [-0.2, -0.15) is 5.10 Å². The number of halogens is 1. The standard InChI is InChI=1S/C18H21ClN4O3/c19-13-3-1-4-14(9-13)26-12-18(10-16(20)24)6-2-8-23(11-18)17(25)15-5-7-21-22-15/h1,3-5,7,9H,2,6,8,10-12H2,(H2,20,24)(H,21,22)/t18-/m1/s1. The zero-order chi connectivity index (χ0) is 18.6. The number of carbonyl (C=O) groups is 2. The van der Waals surface area contributed by atoms with Gasteiger partial charge in [-0.3, -0.25) is 14.7 Å². The molecule has 1 aromatic carbocycles. The molecule has 8 heteroatoms. The van der Waals surface area contributed by atoms with Crippen LogP contribution in [0.15, 0.2) is 36.5 Å². The number of carbonyl (C=O) groups excluding carboxylic acids is 2. The fourth-order valence-electron chi connectivity index (χ4n) is 3.40. The number of nitrogens with two attached hydrogens (primary N) is 1. The van der Waals surface area contributed by atoms with E-state index in [1.807, 2.05) is 0 Å². The average Bonchev–Trinajstić information content (AvgIpc) is 3.14. The molecule has 2 heterocycles. The van der Waals surface area contributed by atoms with E-state index in [0.29, 0.717) is 29.6 Å². The first kappa shape index (κ1) is 18.3. The zero-order valence-corrected chi connectivity index (χ0v) is 15.0. The van der Waals surface area contributed by atoms with Crippen molar-refractivity contribution in [2.24, 2.45) is 11.1 Å². The third kappa shape index (κ3) is 4.35. The maximum atomic E-state index is 12.6. The second-order valence-corrected chi connectivity index (χ2v) is 7.13. The molecule has 1 saturated heterocycles. The van der Waals surface area contributed by atoms with Crippen LogP contribution >= 0.6 is 11.6 Å². The highest BCUT2D eigenvalue weighted by Gasteiger charge is 2.39. The summed E-state index contributed by atoms with van der Waals surface area (Å²) in [5.74, 6) is 0.0766. The highest BCUT2D eigenvalue weighted by molar-refractivity contribution is 6.30. The summed E-state index contributed by atoms with van der Waals surface area (Å²) in [5, 5.41) is 7.09. The Kier molecular flexibility index (Phi) is 5.46. The minimum atomic E-state index is -0.526. The number of hydrogen-bond acceptors (Lipinski definition) is 4. The molecule has 0 bridgehead atoms. The van der Waals surface area contributed by atoms with E-state index in [4.69, 9.17) is 22.1 Å². The number of rotatable bonds is 6. The highest BCUT2D eigenvalue weighted by Crippen LogP contribution is 2.35. The van der Waals surface area contributed by atoms with Crippen LogP contribution in [0, 0.1) is 5.41 Å². The summed E-state index contributed by atoms with van der Waals surface area (Å²) in [6.45, 7) is 1.30. The van der Waals surface area contributed by atoms with E-state index in [1.165, 1.54) is 6.20 Å². The van der Waals surface area contributed by atoms with Crippen LogP contribution in [-0.2, 0) is 4.79 Å². The Morgan fingerprint density at radius 3 is 2.92 bits per heavy atom. The minimum Gasteiger partial charge on any atom is -0.493 e. The van der Waals surface area contributed by atoms with Gasteiger partial charge < -0.3 is 15.4 Å². The molecule has 0 radical (unpaired) electrons. The lowest BCUT2D eigenvalue weighted by Crippen LogP contribution is -2.50. The van der Waals surface area contributed by atoms with E-state index in [-0.39, 0.29) is 18.9 Å². The molecule has 1 fully saturated rings. The molecule has 1 aliphatic heterocycles. The van der Waals surface area contributed by atoms with Crippen LogP contribution in [0.4, 0.5) is 0 Å². The fraction of sp³-hybridized carbons (Fsp3) is 0.389. The molecule has 138 valence electrons. The second-order valence-electron chi connectivity index (χ2n) is 6.69. The van der Waals surface area contributed by atoms with E-state index >= 15 is 0 Å². The number of nitrogens with one attached hydrogen (secondary N) is 1. The number of aromatic nitrogens is 2. The summed E-state index contributed by atoms with van der Waals surface area (Å²) in [6.07, 6.45) is 3.21. The SMILES string of the molecule is NC(=O)C[C@]1(COc2cccc(Cl)c2)CCCN(C(=O)c2ccn[nH]2)C1. The van der Waals surface area contributed by atoms with Crippen LogP contribution in [-0.4, -0.2) is 46.6 Å². The molecule has 0 spiro atoms. The van der Waals surface area contributed by atoms with Gasteiger partial charge in [-0.25, -0.2) is 0 Å². The molecule has 3 N–H and O–H groups in total. The third-order valence-corrected chi connectivity index (χ3v) is 4.81. The van der Waals surface area contributed by atoms with Crippen molar-refractivity contribution in [3.05, 3.63) is 47.2 Å². The first-order valence-electron chi connectivity index (χ1n) is 8.43. The van der Waals surface area contributed by atoms with E-state index in [9.17, 15) is 9.59 Å². The van der Waals surface area contributed by atoms with Crippen molar-refractivity contribution in [1.29, 1.82) is 0 Å². The van der Waals surface area contributed by atoms with Gasteiger partial charge >= 0.3 is 0 Å². The molecule has 2 amide bonds. The van der Waals surface area contributed by atoms with Gasteiger partial charge in [0.1, 0.15) is 11.4 Å². The van der Waals surface area contributed by atoms with E-state index in [0.717, 1.165) is 12.8 Å².